The molecular weight excluding hydrogens is 326 g/mol. The van der Waals surface area contributed by atoms with Gasteiger partial charge in [-0.15, -0.1) is 0 Å². The predicted octanol–water partition coefficient (Wildman–Crippen LogP) is 2.01. The van der Waals surface area contributed by atoms with Crippen molar-refractivity contribution in [2.75, 3.05) is 18.4 Å². The van der Waals surface area contributed by atoms with Gasteiger partial charge in [-0.05, 0) is 79.6 Å². The maximum atomic E-state index is 12.2. The highest BCUT2D eigenvalue weighted by molar-refractivity contribution is 5.97. The van der Waals surface area contributed by atoms with Gasteiger partial charge in [0.1, 0.15) is 0 Å². The number of nitrogen functional groups attached to an aromatic ring is 1. The van der Waals surface area contributed by atoms with E-state index in [1.807, 2.05) is 24.5 Å². The molecule has 2 aliphatic heterocycles. The van der Waals surface area contributed by atoms with E-state index < -0.39 is 0 Å². The lowest BCUT2D eigenvalue weighted by atomic mass is 9.72. The second-order valence-corrected chi connectivity index (χ2v) is 7.16. The fraction of sp³-hybridized carbons (Fsp3) is 0.400. The molecule has 0 saturated carbocycles. The first-order chi connectivity index (χ1) is 12.8. The summed E-state index contributed by atoms with van der Waals surface area (Å²) in [6, 6.07) is 10.2. The Morgan fingerprint density at radius 2 is 1.92 bits per heavy atom. The average molecular weight is 351 g/mol. The summed E-state index contributed by atoms with van der Waals surface area (Å²) in [5.74, 6) is 6.22. The molecule has 26 heavy (non-hydrogen) atoms. The summed E-state index contributed by atoms with van der Waals surface area (Å²) in [5.41, 5.74) is 6.31. The van der Waals surface area contributed by atoms with E-state index >= 15 is 0 Å². The number of fused-ring (bicyclic) bond motifs is 1. The predicted molar refractivity (Wildman–Crippen MR) is 101 cm³/mol. The summed E-state index contributed by atoms with van der Waals surface area (Å²) in [6.07, 6.45) is 6.90. The van der Waals surface area contributed by atoms with E-state index in [9.17, 15) is 4.79 Å². The number of carbonyl (C=O) groups excluding carboxylic acids is 1. The van der Waals surface area contributed by atoms with Gasteiger partial charge in [-0.2, -0.15) is 0 Å². The van der Waals surface area contributed by atoms with E-state index in [4.69, 9.17) is 5.84 Å². The molecule has 2 unspecified atom stereocenters. The number of aromatic nitrogens is 1. The van der Waals surface area contributed by atoms with E-state index in [1.54, 1.807) is 0 Å². The third-order valence-corrected chi connectivity index (χ3v) is 5.79. The zero-order valence-electron chi connectivity index (χ0n) is 14.7. The van der Waals surface area contributed by atoms with Crippen LogP contribution in [-0.4, -0.2) is 24.0 Å². The first-order valence-corrected chi connectivity index (χ1v) is 9.28. The Morgan fingerprint density at radius 3 is 2.65 bits per heavy atom. The van der Waals surface area contributed by atoms with Crippen molar-refractivity contribution in [2.45, 2.75) is 25.3 Å². The molecule has 2 aromatic rings. The topological polar surface area (TPSA) is 92.1 Å². The second kappa shape index (κ2) is 7.43. The lowest BCUT2D eigenvalue weighted by Crippen LogP contribution is -2.40. The highest BCUT2D eigenvalue weighted by Crippen LogP contribution is 2.43. The zero-order valence-corrected chi connectivity index (χ0v) is 14.7. The molecule has 1 aromatic heterocycles. The van der Waals surface area contributed by atoms with Crippen molar-refractivity contribution >= 4 is 11.6 Å². The van der Waals surface area contributed by atoms with Crippen LogP contribution in [0.5, 0.6) is 0 Å². The molecular formula is C20H25N5O. The molecule has 0 bridgehead atoms. The van der Waals surface area contributed by atoms with Gasteiger partial charge in [0.25, 0.3) is 5.91 Å². The lowest BCUT2D eigenvalue weighted by Gasteiger charge is -2.41. The zero-order chi connectivity index (χ0) is 17.9. The minimum Gasteiger partial charge on any atom is -0.378 e. The average Bonchev–Trinajstić information content (AvgIpc) is 2.73. The highest BCUT2D eigenvalue weighted by atomic mass is 16.2. The van der Waals surface area contributed by atoms with Crippen molar-refractivity contribution in [3.63, 3.8) is 0 Å². The highest BCUT2D eigenvalue weighted by Gasteiger charge is 2.36. The van der Waals surface area contributed by atoms with Gasteiger partial charge in [-0.3, -0.25) is 15.2 Å². The third kappa shape index (κ3) is 3.18. The van der Waals surface area contributed by atoms with Crippen LogP contribution in [0.1, 0.15) is 40.4 Å². The number of benzene rings is 1. The van der Waals surface area contributed by atoms with Crippen LogP contribution in [0.2, 0.25) is 0 Å². The molecule has 6 heteroatoms. The number of piperidine rings is 1. The number of hydrogen-bond acceptors (Lipinski definition) is 5. The molecule has 1 fully saturated rings. The quantitative estimate of drug-likeness (QED) is 0.386. The molecule has 1 amide bonds. The number of amides is 1. The molecule has 0 aliphatic carbocycles. The normalized spacial score (nSPS) is 23.0. The molecule has 2 atom stereocenters. The standard InChI is InChI=1S/C20H25N5O/c21-25-20(26)15-2-1-3-18-17(15)12-16(13-4-8-22-9-5-13)19(24-18)14-6-10-23-11-7-14/h1-3,6-7,10-11,13,16,19,22,24H,4-5,8-9,12,21H2,(H,25,26). The van der Waals surface area contributed by atoms with E-state index in [1.165, 1.54) is 5.56 Å². The minimum absolute atomic E-state index is 0.227. The van der Waals surface area contributed by atoms with Crippen molar-refractivity contribution in [1.82, 2.24) is 15.7 Å². The van der Waals surface area contributed by atoms with E-state index in [0.29, 0.717) is 17.4 Å². The van der Waals surface area contributed by atoms with Crippen molar-refractivity contribution in [2.24, 2.45) is 17.7 Å². The maximum absolute atomic E-state index is 12.2. The summed E-state index contributed by atoms with van der Waals surface area (Å²) in [7, 11) is 0. The molecule has 0 spiro atoms. The monoisotopic (exact) mass is 351 g/mol. The molecule has 3 heterocycles. The first kappa shape index (κ1) is 17.0. The number of rotatable bonds is 3. The number of hydrogen-bond donors (Lipinski definition) is 4. The third-order valence-electron chi connectivity index (χ3n) is 5.79. The van der Waals surface area contributed by atoms with Gasteiger partial charge in [-0.1, -0.05) is 6.07 Å². The molecule has 2 aliphatic rings. The Bertz CT molecular complexity index is 773. The minimum atomic E-state index is -0.227. The van der Waals surface area contributed by atoms with Gasteiger partial charge in [-0.25, -0.2) is 5.84 Å². The molecule has 1 aromatic carbocycles. The fourth-order valence-corrected chi connectivity index (χ4v) is 4.47. The largest absolute Gasteiger partial charge is 0.378 e. The molecule has 5 N–H and O–H groups in total. The smallest absolute Gasteiger partial charge is 0.265 e. The van der Waals surface area contributed by atoms with E-state index in [0.717, 1.165) is 43.6 Å². The van der Waals surface area contributed by atoms with Crippen molar-refractivity contribution < 1.29 is 4.79 Å². The van der Waals surface area contributed by atoms with Gasteiger partial charge in [0, 0.05) is 23.6 Å². The van der Waals surface area contributed by atoms with Crippen molar-refractivity contribution in [3.05, 3.63) is 59.4 Å². The summed E-state index contributed by atoms with van der Waals surface area (Å²) >= 11 is 0. The van der Waals surface area contributed by atoms with E-state index in [-0.39, 0.29) is 11.9 Å². The van der Waals surface area contributed by atoms with Gasteiger partial charge < -0.3 is 10.6 Å². The number of nitrogens with two attached hydrogens (primary N) is 1. The molecule has 0 radical (unpaired) electrons. The molecule has 1 saturated heterocycles. The van der Waals surface area contributed by atoms with Crippen LogP contribution in [0.4, 0.5) is 5.69 Å². The van der Waals surface area contributed by atoms with Crippen LogP contribution < -0.4 is 21.9 Å². The molecule has 136 valence electrons. The fourth-order valence-electron chi connectivity index (χ4n) is 4.47. The van der Waals surface area contributed by atoms with Gasteiger partial charge in [0.2, 0.25) is 0 Å². The van der Waals surface area contributed by atoms with Crippen LogP contribution in [0.25, 0.3) is 0 Å². The second-order valence-electron chi connectivity index (χ2n) is 7.16. The number of hydrazine groups is 1. The number of nitrogens with one attached hydrogen (secondary N) is 3. The van der Waals surface area contributed by atoms with Crippen LogP contribution >= 0.6 is 0 Å². The van der Waals surface area contributed by atoms with Gasteiger partial charge in [0.15, 0.2) is 0 Å². The van der Waals surface area contributed by atoms with Crippen LogP contribution in [0.3, 0.4) is 0 Å². The Hall–Kier alpha value is -2.44. The Morgan fingerprint density at radius 1 is 1.15 bits per heavy atom. The summed E-state index contributed by atoms with van der Waals surface area (Å²) in [4.78, 5) is 16.4. The summed E-state index contributed by atoms with van der Waals surface area (Å²) in [6.45, 7) is 2.12. The number of nitrogens with zero attached hydrogens (tertiary/aromatic N) is 1. The number of pyridine rings is 1. The number of carbonyl (C=O) groups is 1. The van der Waals surface area contributed by atoms with E-state index in [2.05, 4.69) is 39.2 Å². The summed E-state index contributed by atoms with van der Waals surface area (Å²) < 4.78 is 0. The number of anilines is 1. The maximum Gasteiger partial charge on any atom is 0.265 e. The molecule has 6 nitrogen and oxygen atoms in total. The van der Waals surface area contributed by atoms with Gasteiger partial charge in [0.05, 0.1) is 6.04 Å². The van der Waals surface area contributed by atoms with Crippen LogP contribution in [-0.2, 0) is 6.42 Å². The Kier molecular flexibility index (Phi) is 4.86. The molecule has 4 rings (SSSR count). The van der Waals surface area contributed by atoms with Crippen LogP contribution in [0.15, 0.2) is 42.7 Å². The lowest BCUT2D eigenvalue weighted by molar-refractivity contribution is 0.0951. The first-order valence-electron chi connectivity index (χ1n) is 9.28. The van der Waals surface area contributed by atoms with Crippen molar-refractivity contribution in [3.8, 4) is 0 Å². The van der Waals surface area contributed by atoms with Crippen LogP contribution in [0, 0.1) is 11.8 Å². The summed E-state index contributed by atoms with van der Waals surface area (Å²) in [5, 5.41) is 7.17. The SMILES string of the molecule is NNC(=O)c1cccc2c1CC(C1CCNCC1)C(c1ccncc1)N2. The van der Waals surface area contributed by atoms with Gasteiger partial charge >= 0.3 is 0 Å². The Labute approximate surface area is 153 Å². The Balaban J connectivity index is 1.74. The van der Waals surface area contributed by atoms with Crippen molar-refractivity contribution in [1.29, 1.82) is 0 Å².